The van der Waals surface area contributed by atoms with E-state index in [2.05, 4.69) is 10.4 Å². The maximum Gasteiger partial charge on any atom is 0.270 e. The zero-order chi connectivity index (χ0) is 15.4. The lowest BCUT2D eigenvalue weighted by Gasteiger charge is -2.08. The summed E-state index contributed by atoms with van der Waals surface area (Å²) in [5, 5.41) is 7.58. The lowest BCUT2D eigenvalue weighted by molar-refractivity contribution is 0.0941. The Bertz CT molecular complexity index is 633. The molecule has 1 N–H and O–H groups in total. The molecule has 0 saturated heterocycles. The molecule has 0 bridgehead atoms. The molecule has 1 saturated carbocycles. The number of carbonyl (C=O) groups excluding carboxylic acids is 1. The van der Waals surface area contributed by atoms with Crippen molar-refractivity contribution in [2.75, 3.05) is 20.3 Å². The molecular weight excluding hydrogens is 278 g/mol. The number of ether oxygens (including phenoxy) is 1. The molecule has 3 rings (SSSR count). The van der Waals surface area contributed by atoms with Crippen LogP contribution in [0.15, 0.2) is 36.4 Å². The van der Waals surface area contributed by atoms with Crippen molar-refractivity contribution >= 4 is 5.91 Å². The van der Waals surface area contributed by atoms with E-state index in [9.17, 15) is 4.79 Å². The van der Waals surface area contributed by atoms with Gasteiger partial charge in [-0.2, -0.15) is 5.10 Å². The van der Waals surface area contributed by atoms with Crippen LogP contribution in [0, 0.1) is 0 Å². The minimum atomic E-state index is -0.0839. The van der Waals surface area contributed by atoms with E-state index in [1.54, 1.807) is 11.8 Å². The lowest BCUT2D eigenvalue weighted by Crippen LogP contribution is -2.27. The van der Waals surface area contributed by atoms with E-state index in [-0.39, 0.29) is 5.91 Å². The summed E-state index contributed by atoms with van der Waals surface area (Å²) < 4.78 is 6.75. The predicted octanol–water partition coefficient (Wildman–Crippen LogP) is 2.52. The summed E-state index contributed by atoms with van der Waals surface area (Å²) in [6.07, 6.45) is 3.14. The number of para-hydroxylation sites is 1. The van der Waals surface area contributed by atoms with Crippen molar-refractivity contribution in [1.82, 2.24) is 15.1 Å². The van der Waals surface area contributed by atoms with Crippen molar-refractivity contribution in [3.8, 4) is 5.69 Å². The van der Waals surface area contributed by atoms with E-state index in [1.165, 1.54) is 12.8 Å². The van der Waals surface area contributed by atoms with Gasteiger partial charge in [0.05, 0.1) is 11.4 Å². The number of aromatic nitrogens is 2. The normalized spacial score (nSPS) is 14.0. The molecule has 0 spiro atoms. The van der Waals surface area contributed by atoms with Crippen molar-refractivity contribution in [3.63, 3.8) is 0 Å². The first-order chi connectivity index (χ1) is 10.8. The Morgan fingerprint density at radius 1 is 1.36 bits per heavy atom. The van der Waals surface area contributed by atoms with Crippen LogP contribution in [0.25, 0.3) is 5.69 Å². The first-order valence-corrected chi connectivity index (χ1v) is 7.72. The average molecular weight is 299 g/mol. The third-order valence-electron chi connectivity index (χ3n) is 3.77. The van der Waals surface area contributed by atoms with Gasteiger partial charge in [-0.25, -0.2) is 4.68 Å². The molecule has 1 fully saturated rings. The fourth-order valence-electron chi connectivity index (χ4n) is 2.41. The molecule has 1 aromatic carbocycles. The summed E-state index contributed by atoms with van der Waals surface area (Å²) in [5.41, 5.74) is 2.54. The summed E-state index contributed by atoms with van der Waals surface area (Å²) in [4.78, 5) is 12.4. The number of amides is 1. The number of rotatable bonds is 7. The topological polar surface area (TPSA) is 56.1 Å². The largest absolute Gasteiger partial charge is 0.385 e. The van der Waals surface area contributed by atoms with Crippen LogP contribution in [0.1, 0.15) is 41.4 Å². The third-order valence-corrected chi connectivity index (χ3v) is 3.77. The maximum atomic E-state index is 12.4. The SMILES string of the molecule is COCCCNC(=O)c1cc(C2CC2)nn1-c1ccccc1. The van der Waals surface area contributed by atoms with Gasteiger partial charge in [-0.15, -0.1) is 0 Å². The monoisotopic (exact) mass is 299 g/mol. The first-order valence-electron chi connectivity index (χ1n) is 7.72. The number of benzene rings is 1. The Balaban J connectivity index is 1.81. The van der Waals surface area contributed by atoms with Crippen LogP contribution < -0.4 is 5.32 Å². The molecule has 0 aliphatic heterocycles. The Morgan fingerprint density at radius 3 is 2.82 bits per heavy atom. The van der Waals surface area contributed by atoms with Crippen molar-refractivity contribution in [1.29, 1.82) is 0 Å². The van der Waals surface area contributed by atoms with Gasteiger partial charge >= 0.3 is 0 Å². The van der Waals surface area contributed by atoms with Gasteiger partial charge in [0.15, 0.2) is 0 Å². The van der Waals surface area contributed by atoms with Crippen LogP contribution in [0.5, 0.6) is 0 Å². The van der Waals surface area contributed by atoms with Gasteiger partial charge in [-0.3, -0.25) is 4.79 Å². The van der Waals surface area contributed by atoms with Gasteiger partial charge in [-0.05, 0) is 37.5 Å². The number of carbonyl (C=O) groups is 1. The minimum absolute atomic E-state index is 0.0839. The molecule has 5 nitrogen and oxygen atoms in total. The first kappa shape index (κ1) is 14.8. The Kier molecular flexibility index (Phi) is 4.53. The number of methoxy groups -OCH3 is 1. The van der Waals surface area contributed by atoms with E-state index < -0.39 is 0 Å². The predicted molar refractivity (Wildman–Crippen MR) is 84.4 cm³/mol. The minimum Gasteiger partial charge on any atom is -0.385 e. The molecule has 1 heterocycles. The van der Waals surface area contributed by atoms with Gasteiger partial charge in [0.25, 0.3) is 5.91 Å². The van der Waals surface area contributed by atoms with E-state index in [4.69, 9.17) is 4.74 Å². The summed E-state index contributed by atoms with van der Waals surface area (Å²) in [6.45, 7) is 1.25. The number of nitrogens with zero attached hydrogens (tertiary/aromatic N) is 2. The van der Waals surface area contributed by atoms with Crippen LogP contribution in [0.4, 0.5) is 0 Å². The number of hydrogen-bond acceptors (Lipinski definition) is 3. The lowest BCUT2D eigenvalue weighted by atomic mass is 10.2. The van der Waals surface area contributed by atoms with Crippen molar-refractivity contribution in [2.24, 2.45) is 0 Å². The zero-order valence-corrected chi connectivity index (χ0v) is 12.8. The van der Waals surface area contributed by atoms with Crippen LogP contribution in [0.2, 0.25) is 0 Å². The quantitative estimate of drug-likeness (QED) is 0.799. The molecule has 5 heteroatoms. The summed E-state index contributed by atoms with van der Waals surface area (Å²) in [6, 6.07) is 11.7. The zero-order valence-electron chi connectivity index (χ0n) is 12.8. The molecule has 1 aromatic heterocycles. The smallest absolute Gasteiger partial charge is 0.270 e. The Morgan fingerprint density at radius 2 is 2.14 bits per heavy atom. The maximum absolute atomic E-state index is 12.4. The highest BCUT2D eigenvalue weighted by atomic mass is 16.5. The van der Waals surface area contributed by atoms with Gasteiger partial charge in [0, 0.05) is 26.2 Å². The van der Waals surface area contributed by atoms with E-state index in [1.807, 2.05) is 36.4 Å². The van der Waals surface area contributed by atoms with E-state index in [0.29, 0.717) is 24.8 Å². The molecule has 116 valence electrons. The van der Waals surface area contributed by atoms with Crippen LogP contribution in [-0.4, -0.2) is 35.9 Å². The second-order valence-corrected chi connectivity index (χ2v) is 5.58. The van der Waals surface area contributed by atoms with Gasteiger partial charge in [-0.1, -0.05) is 18.2 Å². The standard InChI is InChI=1S/C17H21N3O2/c1-22-11-5-10-18-17(21)16-12-15(13-8-9-13)19-20(16)14-6-3-2-4-7-14/h2-4,6-7,12-13H,5,8-11H2,1H3,(H,18,21). The molecule has 0 radical (unpaired) electrons. The van der Waals surface area contributed by atoms with Crippen molar-refractivity contribution in [3.05, 3.63) is 47.8 Å². The number of nitrogens with one attached hydrogen (secondary N) is 1. The highest BCUT2D eigenvalue weighted by molar-refractivity contribution is 5.93. The summed E-state index contributed by atoms with van der Waals surface area (Å²) >= 11 is 0. The molecule has 2 aromatic rings. The molecule has 1 amide bonds. The molecule has 0 unspecified atom stereocenters. The van der Waals surface area contributed by atoms with E-state index >= 15 is 0 Å². The fraction of sp³-hybridized carbons (Fsp3) is 0.412. The Labute approximate surface area is 130 Å². The highest BCUT2D eigenvalue weighted by Gasteiger charge is 2.28. The second-order valence-electron chi connectivity index (χ2n) is 5.58. The average Bonchev–Trinajstić information content (AvgIpc) is 3.31. The summed E-state index contributed by atoms with van der Waals surface area (Å²) in [5.74, 6) is 0.435. The fourth-order valence-corrected chi connectivity index (χ4v) is 2.41. The van der Waals surface area contributed by atoms with Crippen LogP contribution in [-0.2, 0) is 4.74 Å². The van der Waals surface area contributed by atoms with Gasteiger partial charge < -0.3 is 10.1 Å². The molecule has 1 aliphatic rings. The molecule has 22 heavy (non-hydrogen) atoms. The Hall–Kier alpha value is -2.14. The summed E-state index contributed by atoms with van der Waals surface area (Å²) in [7, 11) is 1.66. The van der Waals surface area contributed by atoms with E-state index in [0.717, 1.165) is 17.8 Å². The molecule has 0 atom stereocenters. The molecule has 1 aliphatic carbocycles. The van der Waals surface area contributed by atoms with Crippen molar-refractivity contribution < 1.29 is 9.53 Å². The number of hydrogen-bond donors (Lipinski definition) is 1. The third kappa shape index (κ3) is 3.36. The van der Waals surface area contributed by atoms with Crippen LogP contribution in [0.3, 0.4) is 0 Å². The second kappa shape index (κ2) is 6.75. The van der Waals surface area contributed by atoms with Gasteiger partial charge in [0.2, 0.25) is 0 Å². The van der Waals surface area contributed by atoms with Crippen molar-refractivity contribution in [2.45, 2.75) is 25.2 Å². The van der Waals surface area contributed by atoms with Gasteiger partial charge in [0.1, 0.15) is 5.69 Å². The molecular formula is C17H21N3O2. The highest BCUT2D eigenvalue weighted by Crippen LogP contribution is 2.39. The van der Waals surface area contributed by atoms with Crippen LogP contribution >= 0.6 is 0 Å².